The number of carbonyl (C=O) groups excluding carboxylic acids is 1. The number of hydrogen-bond donors (Lipinski definition) is 2. The molecule has 2 aromatic rings. The molecular weight excluding hydrogens is 423 g/mol. The SMILES string of the molecule is C=CC(=O)N1CCCC(Nc2nc(Nc3ccc4c(c3)CCN(C3COC3)C4)ncc2F)C1. The number of nitrogens with one attached hydrogen (secondary N) is 2. The normalized spacial score (nSPS) is 21.1. The van der Waals surface area contributed by atoms with Gasteiger partial charge in [-0.3, -0.25) is 9.69 Å². The Morgan fingerprint density at radius 3 is 2.94 bits per heavy atom. The molecule has 1 unspecified atom stereocenters. The van der Waals surface area contributed by atoms with Gasteiger partial charge in [-0.2, -0.15) is 4.98 Å². The molecule has 2 N–H and O–H groups in total. The van der Waals surface area contributed by atoms with Crippen LogP contribution >= 0.6 is 0 Å². The van der Waals surface area contributed by atoms with E-state index >= 15 is 0 Å². The summed E-state index contributed by atoms with van der Waals surface area (Å²) >= 11 is 0. The predicted octanol–water partition coefficient (Wildman–Crippen LogP) is 2.71. The van der Waals surface area contributed by atoms with Crippen molar-refractivity contribution in [1.82, 2.24) is 19.8 Å². The lowest BCUT2D eigenvalue weighted by Crippen LogP contribution is -2.50. The Morgan fingerprint density at radius 2 is 2.15 bits per heavy atom. The Balaban J connectivity index is 1.25. The lowest BCUT2D eigenvalue weighted by molar-refractivity contribution is -0.127. The molecule has 0 saturated carbocycles. The highest BCUT2D eigenvalue weighted by molar-refractivity contribution is 5.87. The van der Waals surface area contributed by atoms with E-state index in [1.165, 1.54) is 23.4 Å². The number of hydrogen-bond acceptors (Lipinski definition) is 7. The number of halogens is 1. The lowest BCUT2D eigenvalue weighted by atomic mass is 9.97. The molecule has 9 heteroatoms. The summed E-state index contributed by atoms with van der Waals surface area (Å²) in [6.45, 7) is 8.35. The first kappa shape index (κ1) is 21.8. The van der Waals surface area contributed by atoms with E-state index in [-0.39, 0.29) is 17.8 Å². The first-order chi connectivity index (χ1) is 16.1. The van der Waals surface area contributed by atoms with Crippen LogP contribution in [-0.4, -0.2) is 70.6 Å². The number of rotatable bonds is 6. The first-order valence-corrected chi connectivity index (χ1v) is 11.5. The van der Waals surface area contributed by atoms with Crippen molar-refractivity contribution in [2.24, 2.45) is 0 Å². The summed E-state index contributed by atoms with van der Waals surface area (Å²) in [6.07, 6.45) is 5.15. The topological polar surface area (TPSA) is 82.6 Å². The Kier molecular flexibility index (Phi) is 6.24. The molecule has 8 nitrogen and oxygen atoms in total. The molecule has 174 valence electrons. The van der Waals surface area contributed by atoms with Crippen LogP contribution in [0.2, 0.25) is 0 Å². The molecule has 0 spiro atoms. The highest BCUT2D eigenvalue weighted by atomic mass is 19.1. The standard InChI is InChI=1S/C24H29FN6O2/c1-2-22(32)31-8-3-4-19(13-31)27-23-21(25)11-26-24(29-23)28-18-6-5-17-12-30(20-14-33-15-20)9-7-16(17)10-18/h2,5-6,10-11,19-20H,1,3-4,7-9,12-15H2,(H2,26,27,28,29). The van der Waals surface area contributed by atoms with Gasteiger partial charge in [0.05, 0.1) is 25.5 Å². The number of likely N-dealkylation sites (tertiary alicyclic amines) is 1. The van der Waals surface area contributed by atoms with E-state index in [0.717, 1.165) is 51.3 Å². The molecule has 1 amide bonds. The summed E-state index contributed by atoms with van der Waals surface area (Å²) in [6, 6.07) is 6.75. The monoisotopic (exact) mass is 452 g/mol. The summed E-state index contributed by atoms with van der Waals surface area (Å²) in [5.41, 5.74) is 3.52. The minimum Gasteiger partial charge on any atom is -0.378 e. The fourth-order valence-corrected chi connectivity index (χ4v) is 4.67. The summed E-state index contributed by atoms with van der Waals surface area (Å²) in [4.78, 5) is 24.6. The average Bonchev–Trinajstić information content (AvgIpc) is 2.80. The number of piperidine rings is 1. The molecule has 33 heavy (non-hydrogen) atoms. The fraction of sp³-hybridized carbons (Fsp3) is 0.458. The zero-order valence-electron chi connectivity index (χ0n) is 18.6. The molecule has 1 aromatic carbocycles. The summed E-state index contributed by atoms with van der Waals surface area (Å²) in [5, 5.41) is 6.36. The third-order valence-electron chi connectivity index (χ3n) is 6.63. The quantitative estimate of drug-likeness (QED) is 0.652. The van der Waals surface area contributed by atoms with Crippen molar-refractivity contribution >= 4 is 23.4 Å². The second-order valence-electron chi connectivity index (χ2n) is 8.88. The predicted molar refractivity (Wildman–Crippen MR) is 124 cm³/mol. The third kappa shape index (κ3) is 4.84. The van der Waals surface area contributed by atoms with E-state index in [9.17, 15) is 9.18 Å². The van der Waals surface area contributed by atoms with Crippen molar-refractivity contribution in [1.29, 1.82) is 0 Å². The molecular formula is C24H29FN6O2. The lowest BCUT2D eigenvalue weighted by Gasteiger charge is -2.40. The van der Waals surface area contributed by atoms with Crippen LogP contribution in [0.15, 0.2) is 37.1 Å². The van der Waals surface area contributed by atoms with E-state index in [1.54, 1.807) is 4.90 Å². The molecule has 4 heterocycles. The van der Waals surface area contributed by atoms with Crippen molar-refractivity contribution in [3.8, 4) is 0 Å². The van der Waals surface area contributed by atoms with Crippen LogP contribution in [0.5, 0.6) is 0 Å². The van der Waals surface area contributed by atoms with E-state index in [2.05, 4.69) is 44.2 Å². The van der Waals surface area contributed by atoms with Crippen LogP contribution in [0.1, 0.15) is 24.0 Å². The van der Waals surface area contributed by atoms with Crippen molar-refractivity contribution in [3.63, 3.8) is 0 Å². The van der Waals surface area contributed by atoms with Crippen LogP contribution in [-0.2, 0) is 22.5 Å². The Morgan fingerprint density at radius 1 is 1.27 bits per heavy atom. The molecule has 3 aliphatic heterocycles. The van der Waals surface area contributed by atoms with Gasteiger partial charge in [0.2, 0.25) is 11.9 Å². The van der Waals surface area contributed by atoms with Crippen LogP contribution in [0, 0.1) is 5.82 Å². The van der Waals surface area contributed by atoms with Gasteiger partial charge in [0.25, 0.3) is 0 Å². The highest BCUT2D eigenvalue weighted by Gasteiger charge is 2.29. The highest BCUT2D eigenvalue weighted by Crippen LogP contribution is 2.27. The minimum absolute atomic E-state index is 0.0762. The van der Waals surface area contributed by atoms with Gasteiger partial charge in [-0.1, -0.05) is 12.6 Å². The largest absolute Gasteiger partial charge is 0.378 e. The van der Waals surface area contributed by atoms with Crippen LogP contribution in [0.4, 0.5) is 21.8 Å². The van der Waals surface area contributed by atoms with Crippen molar-refractivity contribution in [3.05, 3.63) is 54.0 Å². The van der Waals surface area contributed by atoms with Gasteiger partial charge in [0.1, 0.15) is 0 Å². The smallest absolute Gasteiger partial charge is 0.246 e. The Labute approximate surface area is 192 Å². The number of ether oxygens (including phenoxy) is 1. The maximum atomic E-state index is 14.4. The number of carbonyl (C=O) groups is 1. The second kappa shape index (κ2) is 9.44. The molecule has 2 fully saturated rings. The summed E-state index contributed by atoms with van der Waals surface area (Å²) in [5.74, 6) is -0.152. The molecule has 0 aliphatic carbocycles. The van der Waals surface area contributed by atoms with E-state index in [1.807, 2.05) is 6.07 Å². The van der Waals surface area contributed by atoms with Gasteiger partial charge >= 0.3 is 0 Å². The molecule has 1 aromatic heterocycles. The first-order valence-electron chi connectivity index (χ1n) is 11.5. The molecule has 3 aliphatic rings. The zero-order valence-corrected chi connectivity index (χ0v) is 18.6. The maximum absolute atomic E-state index is 14.4. The second-order valence-corrected chi connectivity index (χ2v) is 8.88. The van der Waals surface area contributed by atoms with Crippen molar-refractivity contribution < 1.29 is 13.9 Å². The Bertz CT molecular complexity index is 1040. The molecule has 0 bridgehead atoms. The minimum atomic E-state index is -0.516. The third-order valence-corrected chi connectivity index (χ3v) is 6.63. The van der Waals surface area contributed by atoms with Gasteiger partial charge in [0, 0.05) is 37.9 Å². The molecule has 2 saturated heterocycles. The maximum Gasteiger partial charge on any atom is 0.246 e. The van der Waals surface area contributed by atoms with E-state index in [4.69, 9.17) is 4.74 Å². The number of anilines is 3. The van der Waals surface area contributed by atoms with Gasteiger partial charge in [-0.05, 0) is 48.6 Å². The summed E-state index contributed by atoms with van der Waals surface area (Å²) in [7, 11) is 0. The number of amides is 1. The zero-order chi connectivity index (χ0) is 22.8. The van der Waals surface area contributed by atoms with Crippen LogP contribution in [0.25, 0.3) is 0 Å². The molecule has 0 radical (unpaired) electrons. The Hall–Kier alpha value is -3.04. The van der Waals surface area contributed by atoms with Gasteiger partial charge in [0.15, 0.2) is 11.6 Å². The van der Waals surface area contributed by atoms with Crippen molar-refractivity contribution in [2.45, 2.75) is 37.9 Å². The van der Waals surface area contributed by atoms with Gasteiger partial charge < -0.3 is 20.3 Å². The number of benzene rings is 1. The van der Waals surface area contributed by atoms with Crippen molar-refractivity contribution in [2.75, 3.05) is 43.5 Å². The van der Waals surface area contributed by atoms with Crippen LogP contribution < -0.4 is 10.6 Å². The average molecular weight is 453 g/mol. The van der Waals surface area contributed by atoms with Crippen LogP contribution in [0.3, 0.4) is 0 Å². The number of fused-ring (bicyclic) bond motifs is 1. The molecule has 1 atom stereocenters. The van der Waals surface area contributed by atoms with E-state index < -0.39 is 5.82 Å². The van der Waals surface area contributed by atoms with Gasteiger partial charge in [-0.15, -0.1) is 0 Å². The number of aromatic nitrogens is 2. The van der Waals surface area contributed by atoms with Gasteiger partial charge in [-0.25, -0.2) is 9.37 Å². The molecule has 5 rings (SSSR count). The number of nitrogens with zero attached hydrogens (tertiary/aromatic N) is 4. The summed E-state index contributed by atoms with van der Waals surface area (Å²) < 4.78 is 19.8. The fourth-order valence-electron chi connectivity index (χ4n) is 4.67. The van der Waals surface area contributed by atoms with E-state index in [0.29, 0.717) is 25.1 Å².